The van der Waals surface area contributed by atoms with Crippen LogP contribution in [0.15, 0.2) is 24.3 Å². The van der Waals surface area contributed by atoms with Gasteiger partial charge in [0.25, 0.3) is 0 Å². The van der Waals surface area contributed by atoms with Gasteiger partial charge in [-0.2, -0.15) is 0 Å². The van der Waals surface area contributed by atoms with Gasteiger partial charge in [-0.3, -0.25) is 0 Å². The van der Waals surface area contributed by atoms with Crippen LogP contribution in [0.3, 0.4) is 0 Å². The summed E-state index contributed by atoms with van der Waals surface area (Å²) in [5, 5.41) is 0.897. The van der Waals surface area contributed by atoms with E-state index in [2.05, 4.69) is 12.1 Å². The predicted molar refractivity (Wildman–Crippen MR) is 76.9 cm³/mol. The molecule has 0 saturated heterocycles. The Bertz CT molecular complexity index is 426. The fourth-order valence-corrected chi connectivity index (χ4v) is 4.71. The Morgan fingerprint density at radius 3 is 2.33 bits per heavy atom. The fraction of sp³-hybridized carbons (Fsp3) is 0.625. The van der Waals surface area contributed by atoms with E-state index in [1.165, 1.54) is 50.5 Å². The first kappa shape index (κ1) is 12.5. The Hall–Kier alpha value is -0.530. The van der Waals surface area contributed by atoms with Gasteiger partial charge >= 0.3 is 0 Å². The molecule has 0 atom stereocenters. The lowest BCUT2D eigenvalue weighted by atomic mass is 9.46. The lowest BCUT2D eigenvalue weighted by Gasteiger charge is -2.58. The first-order valence-corrected chi connectivity index (χ1v) is 7.53. The van der Waals surface area contributed by atoms with Gasteiger partial charge in [-0.15, -0.1) is 0 Å². The molecule has 1 aromatic carbocycles. The largest absolute Gasteiger partial charge is 0.330 e. The molecule has 2 aliphatic rings. The van der Waals surface area contributed by atoms with Crippen LogP contribution in [-0.2, 0) is 5.41 Å². The summed E-state index contributed by atoms with van der Waals surface area (Å²) >= 11 is 6.37. The van der Waals surface area contributed by atoms with Crippen molar-refractivity contribution in [1.82, 2.24) is 0 Å². The van der Waals surface area contributed by atoms with Crippen molar-refractivity contribution in [3.8, 4) is 0 Å². The highest BCUT2D eigenvalue weighted by Gasteiger charge is 2.54. The molecule has 0 heterocycles. The van der Waals surface area contributed by atoms with Crippen molar-refractivity contribution < 1.29 is 0 Å². The van der Waals surface area contributed by atoms with Gasteiger partial charge in [0.1, 0.15) is 0 Å². The van der Waals surface area contributed by atoms with E-state index in [0.29, 0.717) is 5.41 Å². The van der Waals surface area contributed by atoms with Crippen molar-refractivity contribution in [1.29, 1.82) is 0 Å². The van der Waals surface area contributed by atoms with Crippen molar-refractivity contribution in [2.75, 3.05) is 6.54 Å². The number of nitrogens with two attached hydrogens (primary N) is 1. The molecule has 0 aromatic heterocycles. The maximum absolute atomic E-state index is 6.37. The number of halogens is 1. The molecule has 2 aliphatic carbocycles. The van der Waals surface area contributed by atoms with Crippen LogP contribution in [0.5, 0.6) is 0 Å². The molecule has 18 heavy (non-hydrogen) atoms. The van der Waals surface area contributed by atoms with Crippen LogP contribution in [0.2, 0.25) is 5.02 Å². The fourth-order valence-electron chi connectivity index (χ4n) is 4.38. The molecule has 0 aliphatic heterocycles. The highest BCUT2D eigenvalue weighted by atomic mass is 35.5. The quantitative estimate of drug-likeness (QED) is 0.847. The third-order valence-corrected chi connectivity index (χ3v) is 5.51. The molecule has 1 spiro atoms. The second kappa shape index (κ2) is 4.54. The van der Waals surface area contributed by atoms with Crippen molar-refractivity contribution >= 4 is 11.6 Å². The summed E-state index contributed by atoms with van der Waals surface area (Å²) in [6, 6.07) is 8.26. The van der Waals surface area contributed by atoms with Crippen LogP contribution < -0.4 is 5.73 Å². The maximum Gasteiger partial charge on any atom is 0.0444 e. The monoisotopic (exact) mass is 263 g/mol. The molecule has 0 unspecified atom stereocenters. The normalized spacial score (nSPS) is 24.8. The molecule has 3 rings (SSSR count). The molecule has 0 radical (unpaired) electrons. The summed E-state index contributed by atoms with van der Waals surface area (Å²) in [4.78, 5) is 0. The molecule has 1 aromatic rings. The molecule has 2 fully saturated rings. The number of rotatable bonds is 2. The first-order chi connectivity index (χ1) is 8.70. The second-order valence-electron chi connectivity index (χ2n) is 6.38. The summed E-state index contributed by atoms with van der Waals surface area (Å²) in [6.45, 7) is 0.735. The van der Waals surface area contributed by atoms with E-state index in [1.54, 1.807) is 0 Å². The van der Waals surface area contributed by atoms with Crippen molar-refractivity contribution in [3.05, 3.63) is 34.9 Å². The molecular weight excluding hydrogens is 242 g/mol. The van der Waals surface area contributed by atoms with E-state index < -0.39 is 0 Å². The molecule has 98 valence electrons. The molecule has 0 amide bonds. The molecule has 0 bridgehead atoms. The van der Waals surface area contributed by atoms with Gasteiger partial charge in [0.2, 0.25) is 0 Å². The Morgan fingerprint density at radius 2 is 1.72 bits per heavy atom. The summed E-state index contributed by atoms with van der Waals surface area (Å²) < 4.78 is 0. The number of hydrogen-bond acceptors (Lipinski definition) is 1. The Morgan fingerprint density at radius 1 is 1.06 bits per heavy atom. The molecular formula is C16H22ClN. The summed E-state index contributed by atoms with van der Waals surface area (Å²) in [5.74, 6) is 0. The minimum absolute atomic E-state index is 0.162. The van der Waals surface area contributed by atoms with Gasteiger partial charge in [0, 0.05) is 17.0 Å². The van der Waals surface area contributed by atoms with Gasteiger partial charge < -0.3 is 5.73 Å². The molecule has 2 heteroatoms. The Kier molecular flexibility index (Phi) is 3.15. The Balaban J connectivity index is 1.84. The zero-order valence-corrected chi connectivity index (χ0v) is 11.7. The SMILES string of the molecule is NCC1(c2ccccc2Cl)CC2(CCCCC2)C1. The molecule has 1 nitrogen and oxygen atoms in total. The lowest BCUT2D eigenvalue weighted by molar-refractivity contribution is -0.00828. The average Bonchev–Trinajstić information content (AvgIpc) is 2.37. The van der Waals surface area contributed by atoms with E-state index in [0.717, 1.165) is 11.6 Å². The third kappa shape index (κ3) is 1.88. The highest BCUT2D eigenvalue weighted by Crippen LogP contribution is 2.62. The maximum atomic E-state index is 6.37. The average molecular weight is 264 g/mol. The van der Waals surface area contributed by atoms with E-state index in [-0.39, 0.29) is 5.41 Å². The molecule has 2 N–H and O–H groups in total. The van der Waals surface area contributed by atoms with Crippen molar-refractivity contribution in [2.24, 2.45) is 11.1 Å². The van der Waals surface area contributed by atoms with Crippen LogP contribution in [0.1, 0.15) is 50.5 Å². The summed E-state index contributed by atoms with van der Waals surface area (Å²) in [7, 11) is 0. The Labute approximate surface area is 115 Å². The minimum Gasteiger partial charge on any atom is -0.330 e. The topological polar surface area (TPSA) is 26.0 Å². The van der Waals surface area contributed by atoms with Gasteiger partial charge in [-0.1, -0.05) is 49.1 Å². The van der Waals surface area contributed by atoms with Gasteiger partial charge in [0.05, 0.1) is 0 Å². The zero-order valence-electron chi connectivity index (χ0n) is 10.9. The molecule has 2 saturated carbocycles. The zero-order chi connectivity index (χ0) is 12.6. The van der Waals surface area contributed by atoms with Crippen molar-refractivity contribution in [3.63, 3.8) is 0 Å². The minimum atomic E-state index is 0.162. The van der Waals surface area contributed by atoms with E-state index >= 15 is 0 Å². The van der Waals surface area contributed by atoms with E-state index in [9.17, 15) is 0 Å². The lowest BCUT2D eigenvalue weighted by Crippen LogP contribution is -2.54. The predicted octanol–water partition coefficient (Wildman–Crippen LogP) is 4.28. The van der Waals surface area contributed by atoms with Gasteiger partial charge in [0.15, 0.2) is 0 Å². The van der Waals surface area contributed by atoms with Crippen LogP contribution in [0, 0.1) is 5.41 Å². The summed E-state index contributed by atoms with van der Waals surface area (Å²) in [5.41, 5.74) is 8.14. The van der Waals surface area contributed by atoms with Crippen LogP contribution in [0.4, 0.5) is 0 Å². The second-order valence-corrected chi connectivity index (χ2v) is 6.79. The smallest absolute Gasteiger partial charge is 0.0444 e. The number of benzene rings is 1. The van der Waals surface area contributed by atoms with Gasteiger partial charge in [-0.25, -0.2) is 0 Å². The summed E-state index contributed by atoms with van der Waals surface area (Å²) in [6.07, 6.45) is 9.54. The third-order valence-electron chi connectivity index (χ3n) is 5.18. The van der Waals surface area contributed by atoms with Crippen LogP contribution in [-0.4, -0.2) is 6.54 Å². The first-order valence-electron chi connectivity index (χ1n) is 7.15. The standard InChI is InChI=1S/C16H22ClN/c17-14-7-3-2-6-13(14)16(12-18)10-15(11-16)8-4-1-5-9-15/h2-3,6-7H,1,4-5,8-12,18H2. The van der Waals surface area contributed by atoms with E-state index in [1.807, 2.05) is 12.1 Å². The number of hydrogen-bond donors (Lipinski definition) is 1. The van der Waals surface area contributed by atoms with Crippen LogP contribution >= 0.6 is 11.6 Å². The van der Waals surface area contributed by atoms with E-state index in [4.69, 9.17) is 17.3 Å². The highest BCUT2D eigenvalue weighted by molar-refractivity contribution is 6.31. The van der Waals surface area contributed by atoms with Crippen molar-refractivity contribution in [2.45, 2.75) is 50.4 Å². The van der Waals surface area contributed by atoms with Crippen LogP contribution in [0.25, 0.3) is 0 Å². The van der Waals surface area contributed by atoms with Gasteiger partial charge in [-0.05, 0) is 42.7 Å².